The van der Waals surface area contributed by atoms with E-state index in [-0.39, 0.29) is 11.9 Å². The molecule has 1 spiro atoms. The van der Waals surface area contributed by atoms with Gasteiger partial charge in [-0.05, 0) is 31.4 Å². The van der Waals surface area contributed by atoms with Crippen LogP contribution in [-0.2, 0) is 4.79 Å². The molecule has 1 aliphatic carbocycles. The highest BCUT2D eigenvalue weighted by Crippen LogP contribution is 2.49. The van der Waals surface area contributed by atoms with E-state index < -0.39 is 0 Å². The average Bonchev–Trinajstić information content (AvgIpc) is 3.03. The Labute approximate surface area is 131 Å². The molecule has 1 amide bonds. The number of amides is 1. The Bertz CT molecular complexity index is 443. The van der Waals surface area contributed by atoms with E-state index in [1.54, 1.807) is 6.92 Å². The molecule has 0 N–H and O–H groups in total. The minimum absolute atomic E-state index is 0.174. The third-order valence-electron chi connectivity index (χ3n) is 5.13. The quantitative estimate of drug-likeness (QED) is 0.751. The van der Waals surface area contributed by atoms with Crippen LogP contribution in [-0.4, -0.2) is 47.5 Å². The van der Waals surface area contributed by atoms with Gasteiger partial charge in [0.05, 0.1) is 19.1 Å². The number of hydrogen-bond donors (Lipinski definition) is 0. The largest absolute Gasteiger partial charge is 0.335 e. The second-order valence-electron chi connectivity index (χ2n) is 6.46. The van der Waals surface area contributed by atoms with Gasteiger partial charge in [-0.3, -0.25) is 4.79 Å². The van der Waals surface area contributed by atoms with Crippen molar-refractivity contribution in [1.82, 2.24) is 4.90 Å². The van der Waals surface area contributed by atoms with E-state index in [0.717, 1.165) is 6.54 Å². The van der Waals surface area contributed by atoms with Crippen LogP contribution in [0.25, 0.3) is 0 Å². The molecule has 2 unspecified atom stereocenters. The number of carbonyl (C=O) groups excluding carboxylic acids is 1. The average molecular weight is 307 g/mol. The summed E-state index contributed by atoms with van der Waals surface area (Å²) in [6.45, 7) is 3.91. The normalized spacial score (nSPS) is 32.7. The first-order chi connectivity index (χ1) is 10.2. The van der Waals surface area contributed by atoms with Crippen molar-refractivity contribution in [2.45, 2.75) is 50.3 Å². The van der Waals surface area contributed by atoms with Crippen molar-refractivity contribution in [3.8, 4) is 0 Å². The molecule has 4 nitrogen and oxygen atoms in total. The fourth-order valence-electron chi connectivity index (χ4n) is 3.82. The molecule has 0 bridgehead atoms. The summed E-state index contributed by atoms with van der Waals surface area (Å²) in [6.07, 6.45) is 11.3. The number of allylic oxidation sites excluding steroid dienone is 2. The Morgan fingerprint density at radius 1 is 1.33 bits per heavy atom. The molecule has 0 radical (unpaired) electrons. The van der Waals surface area contributed by atoms with Crippen LogP contribution in [0.3, 0.4) is 0 Å². The van der Waals surface area contributed by atoms with Gasteiger partial charge in [-0.25, -0.2) is 0 Å². The molecule has 1 saturated heterocycles. The van der Waals surface area contributed by atoms with Crippen LogP contribution >= 0.6 is 11.8 Å². The van der Waals surface area contributed by atoms with Crippen LogP contribution in [0.5, 0.6) is 0 Å². The van der Waals surface area contributed by atoms with Crippen molar-refractivity contribution in [2.75, 3.05) is 25.4 Å². The zero-order chi connectivity index (χ0) is 14.7. The first-order valence-corrected chi connectivity index (χ1v) is 9.16. The summed E-state index contributed by atoms with van der Waals surface area (Å²) in [5.74, 6) is 1.40. The molecule has 3 rings (SSSR count). The highest BCUT2D eigenvalue weighted by molar-refractivity contribution is 8.00. The van der Waals surface area contributed by atoms with Crippen LogP contribution in [0.1, 0.15) is 39.0 Å². The Hall–Kier alpha value is -0.840. The number of hydrogen-bond acceptors (Lipinski definition) is 4. The monoisotopic (exact) mass is 307 g/mol. The van der Waals surface area contributed by atoms with Crippen molar-refractivity contribution in [3.63, 3.8) is 0 Å². The minimum Gasteiger partial charge on any atom is -0.335 e. The van der Waals surface area contributed by atoms with E-state index in [2.05, 4.69) is 34.1 Å². The topological polar surface area (TPSA) is 45.0 Å². The second kappa shape index (κ2) is 6.51. The van der Waals surface area contributed by atoms with Crippen molar-refractivity contribution in [2.24, 2.45) is 15.6 Å². The van der Waals surface area contributed by atoms with Gasteiger partial charge in [-0.1, -0.05) is 18.6 Å². The fraction of sp³-hybridized carbons (Fsp3) is 0.812. The maximum atomic E-state index is 12.1. The van der Waals surface area contributed by atoms with E-state index in [4.69, 9.17) is 0 Å². The maximum Gasteiger partial charge on any atom is 0.219 e. The standard InChI is InChI=1S/C16H25N3OS/c1-13(20)19(14-10-17-18-11-14)12-15-16(8-9-21-15)6-4-2-3-5-7-16/h4,6,14-15H,2-3,5,7-12H2,1H3. The lowest BCUT2D eigenvalue weighted by Gasteiger charge is -2.36. The predicted octanol–water partition coefficient (Wildman–Crippen LogP) is 3.29. The number of thioether (sulfide) groups is 1. The number of rotatable bonds is 3. The molecule has 0 aromatic rings. The molecule has 5 heteroatoms. The van der Waals surface area contributed by atoms with E-state index >= 15 is 0 Å². The minimum atomic E-state index is 0.174. The van der Waals surface area contributed by atoms with E-state index in [9.17, 15) is 4.79 Å². The summed E-state index contributed by atoms with van der Waals surface area (Å²) in [4.78, 5) is 14.1. The smallest absolute Gasteiger partial charge is 0.219 e. The summed E-state index contributed by atoms with van der Waals surface area (Å²) in [6, 6.07) is 0.190. The second-order valence-corrected chi connectivity index (χ2v) is 7.77. The highest BCUT2D eigenvalue weighted by Gasteiger charge is 2.43. The van der Waals surface area contributed by atoms with Crippen LogP contribution in [0.2, 0.25) is 0 Å². The molecule has 0 saturated carbocycles. The summed E-state index contributed by atoms with van der Waals surface area (Å²) in [5.41, 5.74) is 0.321. The first kappa shape index (κ1) is 15.1. The molecule has 0 aromatic heterocycles. The van der Waals surface area contributed by atoms with Gasteiger partial charge in [0.2, 0.25) is 5.91 Å². The van der Waals surface area contributed by atoms with Gasteiger partial charge in [0.15, 0.2) is 0 Å². The zero-order valence-electron chi connectivity index (χ0n) is 12.8. The summed E-state index contributed by atoms with van der Waals surface area (Å²) >= 11 is 2.06. The van der Waals surface area contributed by atoms with Crippen LogP contribution < -0.4 is 0 Å². The lowest BCUT2D eigenvalue weighted by atomic mass is 9.77. The predicted molar refractivity (Wildman–Crippen MR) is 86.7 cm³/mol. The van der Waals surface area contributed by atoms with E-state index in [1.165, 1.54) is 37.9 Å². The Balaban J connectivity index is 1.73. The highest BCUT2D eigenvalue weighted by atomic mass is 32.2. The van der Waals surface area contributed by atoms with Gasteiger partial charge in [-0.2, -0.15) is 22.0 Å². The first-order valence-electron chi connectivity index (χ1n) is 8.11. The SMILES string of the molecule is CC(=O)N(CC1SCCC12C=CCCCC2)C1CN=NC1. The van der Waals surface area contributed by atoms with Crippen molar-refractivity contribution < 1.29 is 4.79 Å². The number of azo groups is 1. The Morgan fingerprint density at radius 3 is 2.90 bits per heavy atom. The van der Waals surface area contributed by atoms with Gasteiger partial charge >= 0.3 is 0 Å². The van der Waals surface area contributed by atoms with Crippen molar-refractivity contribution in [3.05, 3.63) is 12.2 Å². The molecule has 21 heavy (non-hydrogen) atoms. The summed E-state index contributed by atoms with van der Waals surface area (Å²) in [7, 11) is 0. The Kier molecular flexibility index (Phi) is 4.67. The van der Waals surface area contributed by atoms with Crippen LogP contribution in [0.15, 0.2) is 22.4 Å². The third kappa shape index (κ3) is 3.17. The van der Waals surface area contributed by atoms with Crippen molar-refractivity contribution >= 4 is 17.7 Å². The maximum absolute atomic E-state index is 12.1. The van der Waals surface area contributed by atoms with Crippen LogP contribution in [0.4, 0.5) is 0 Å². The van der Waals surface area contributed by atoms with Gasteiger partial charge in [-0.15, -0.1) is 0 Å². The lowest BCUT2D eigenvalue weighted by molar-refractivity contribution is -0.130. The van der Waals surface area contributed by atoms with Gasteiger partial charge in [0.1, 0.15) is 0 Å². The zero-order valence-corrected chi connectivity index (χ0v) is 13.6. The van der Waals surface area contributed by atoms with Gasteiger partial charge in [0.25, 0.3) is 0 Å². The lowest BCUT2D eigenvalue weighted by Crippen LogP contribution is -2.47. The van der Waals surface area contributed by atoms with E-state index in [0.29, 0.717) is 23.8 Å². The molecule has 2 atom stereocenters. The molecule has 2 heterocycles. The number of carbonyl (C=O) groups is 1. The molecule has 0 aromatic carbocycles. The molecule has 2 aliphatic heterocycles. The summed E-state index contributed by atoms with van der Waals surface area (Å²) in [5, 5.41) is 8.68. The van der Waals surface area contributed by atoms with Crippen molar-refractivity contribution in [1.29, 1.82) is 0 Å². The molecule has 1 fully saturated rings. The van der Waals surface area contributed by atoms with Gasteiger partial charge in [0, 0.05) is 24.1 Å². The summed E-state index contributed by atoms with van der Waals surface area (Å²) < 4.78 is 0. The number of nitrogens with zero attached hydrogens (tertiary/aromatic N) is 3. The third-order valence-corrected chi connectivity index (χ3v) is 6.59. The molecular weight excluding hydrogens is 282 g/mol. The molecule has 3 aliphatic rings. The Morgan fingerprint density at radius 2 is 2.14 bits per heavy atom. The van der Waals surface area contributed by atoms with Gasteiger partial charge < -0.3 is 4.90 Å². The van der Waals surface area contributed by atoms with Crippen LogP contribution in [0, 0.1) is 5.41 Å². The molecular formula is C16H25N3OS. The van der Waals surface area contributed by atoms with E-state index in [1.807, 2.05) is 4.90 Å². The fourth-order valence-corrected chi connectivity index (χ4v) is 5.51. The molecule has 116 valence electrons.